The highest BCUT2D eigenvalue weighted by Crippen LogP contribution is 2.28. The van der Waals surface area contributed by atoms with Crippen molar-refractivity contribution in [3.05, 3.63) is 76.8 Å². The average Bonchev–Trinajstić information content (AvgIpc) is 2.74. The number of anilines is 1. The van der Waals surface area contributed by atoms with E-state index in [0.717, 1.165) is 47.8 Å². The largest absolute Gasteiger partial charge is 0.382 e. The summed E-state index contributed by atoms with van der Waals surface area (Å²) in [4.78, 5) is 4.38. The molecule has 0 spiro atoms. The molecule has 4 rings (SSSR count). The molecule has 3 aromatic rings. The van der Waals surface area contributed by atoms with Gasteiger partial charge in [0.25, 0.3) is 0 Å². The molecular weight excluding hydrogens is 418 g/mol. The normalized spacial score (nSPS) is 19.9. The Balaban J connectivity index is 1.34. The molecule has 1 fully saturated rings. The Morgan fingerprint density at radius 1 is 0.967 bits per heavy atom. The van der Waals surface area contributed by atoms with Gasteiger partial charge in [0, 0.05) is 39.8 Å². The van der Waals surface area contributed by atoms with Gasteiger partial charge >= 0.3 is 0 Å². The Morgan fingerprint density at radius 3 is 2.47 bits per heavy atom. The second-order valence-corrected chi connectivity index (χ2v) is 9.62. The van der Waals surface area contributed by atoms with Crippen molar-refractivity contribution in [1.29, 1.82) is 0 Å². The number of sulfonamides is 1. The molecule has 1 saturated carbocycles. The fourth-order valence-corrected chi connectivity index (χ4v) is 5.11. The van der Waals surface area contributed by atoms with Crippen LogP contribution in [-0.4, -0.2) is 25.5 Å². The lowest BCUT2D eigenvalue weighted by Gasteiger charge is -2.30. The van der Waals surface area contributed by atoms with Crippen LogP contribution in [0.15, 0.2) is 66.2 Å². The molecule has 0 saturated heterocycles. The standard InChI is InChI=1S/C23H24ClN3O2S/c24-18-6-11-21-22(12-14-25-23(21)16-18)26-19-7-9-20(10-8-19)27-30(28,29)15-13-17-4-2-1-3-5-17/h1-6,11-16,19-20,27H,7-10H2,(H,25,26)/b15-13-. The number of hydrogen-bond donors (Lipinski definition) is 2. The second-order valence-electron chi connectivity index (χ2n) is 7.59. The molecule has 0 atom stereocenters. The van der Waals surface area contributed by atoms with Crippen molar-refractivity contribution < 1.29 is 8.42 Å². The first-order valence-electron chi connectivity index (χ1n) is 10.0. The minimum Gasteiger partial charge on any atom is -0.382 e. The average molecular weight is 442 g/mol. The van der Waals surface area contributed by atoms with Crippen molar-refractivity contribution >= 4 is 44.3 Å². The molecule has 156 valence electrons. The van der Waals surface area contributed by atoms with Gasteiger partial charge in [-0.1, -0.05) is 41.9 Å². The first-order valence-corrected chi connectivity index (χ1v) is 12.0. The van der Waals surface area contributed by atoms with E-state index in [1.165, 1.54) is 5.41 Å². The molecule has 5 nitrogen and oxygen atoms in total. The lowest BCUT2D eigenvalue weighted by atomic mass is 9.91. The summed E-state index contributed by atoms with van der Waals surface area (Å²) < 4.78 is 27.6. The van der Waals surface area contributed by atoms with Crippen LogP contribution in [0.25, 0.3) is 17.0 Å². The Morgan fingerprint density at radius 2 is 1.70 bits per heavy atom. The Hall–Kier alpha value is -2.41. The summed E-state index contributed by atoms with van der Waals surface area (Å²) in [7, 11) is -3.46. The molecule has 2 aromatic carbocycles. The molecule has 0 bridgehead atoms. The van der Waals surface area contributed by atoms with Gasteiger partial charge in [-0.05, 0) is 61.6 Å². The highest BCUT2D eigenvalue weighted by molar-refractivity contribution is 7.92. The predicted molar refractivity (Wildman–Crippen MR) is 124 cm³/mol. The van der Waals surface area contributed by atoms with Crippen LogP contribution in [0.4, 0.5) is 5.69 Å². The quantitative estimate of drug-likeness (QED) is 0.551. The molecular formula is C23H24ClN3O2S. The van der Waals surface area contributed by atoms with Crippen molar-refractivity contribution in [2.24, 2.45) is 0 Å². The third kappa shape index (κ3) is 5.39. The van der Waals surface area contributed by atoms with Crippen LogP contribution in [-0.2, 0) is 10.0 Å². The molecule has 7 heteroatoms. The SMILES string of the molecule is O=S(=O)(/C=C\c1ccccc1)NC1CCC(Nc2ccnc3cc(Cl)ccc23)CC1. The highest BCUT2D eigenvalue weighted by atomic mass is 35.5. The topological polar surface area (TPSA) is 71.1 Å². The van der Waals surface area contributed by atoms with E-state index in [1.54, 1.807) is 12.3 Å². The predicted octanol–water partition coefficient (Wildman–Crippen LogP) is 5.20. The van der Waals surface area contributed by atoms with Crippen LogP contribution in [0.1, 0.15) is 31.2 Å². The van der Waals surface area contributed by atoms with Gasteiger partial charge in [0.15, 0.2) is 0 Å². The first kappa shape index (κ1) is 20.8. The van der Waals surface area contributed by atoms with Gasteiger partial charge in [-0.15, -0.1) is 0 Å². The number of aromatic nitrogens is 1. The first-order chi connectivity index (χ1) is 14.5. The van der Waals surface area contributed by atoms with Crippen LogP contribution in [0.5, 0.6) is 0 Å². The zero-order valence-corrected chi connectivity index (χ0v) is 18.0. The smallest absolute Gasteiger partial charge is 0.233 e. The number of nitrogens with zero attached hydrogens (tertiary/aromatic N) is 1. The Kier molecular flexibility index (Phi) is 6.37. The Bertz CT molecular complexity index is 1140. The summed E-state index contributed by atoms with van der Waals surface area (Å²) in [6.07, 6.45) is 6.78. The van der Waals surface area contributed by atoms with E-state index in [-0.39, 0.29) is 6.04 Å². The van der Waals surface area contributed by atoms with E-state index in [0.29, 0.717) is 11.1 Å². The van der Waals surface area contributed by atoms with Crippen molar-refractivity contribution in [3.63, 3.8) is 0 Å². The van der Waals surface area contributed by atoms with E-state index < -0.39 is 10.0 Å². The third-order valence-corrected chi connectivity index (χ3v) is 6.75. The molecule has 30 heavy (non-hydrogen) atoms. The van der Waals surface area contributed by atoms with E-state index in [1.807, 2.05) is 54.6 Å². The fourth-order valence-electron chi connectivity index (χ4n) is 3.83. The second kappa shape index (κ2) is 9.16. The summed E-state index contributed by atoms with van der Waals surface area (Å²) >= 11 is 6.07. The number of rotatable bonds is 6. The maximum absolute atomic E-state index is 12.4. The van der Waals surface area contributed by atoms with Crippen LogP contribution in [0, 0.1) is 0 Å². The molecule has 1 aromatic heterocycles. The van der Waals surface area contributed by atoms with Crippen LogP contribution < -0.4 is 10.0 Å². The van der Waals surface area contributed by atoms with Gasteiger partial charge in [-0.25, -0.2) is 13.1 Å². The van der Waals surface area contributed by atoms with Gasteiger partial charge in [0.1, 0.15) is 0 Å². The fraction of sp³-hybridized carbons (Fsp3) is 0.261. The van der Waals surface area contributed by atoms with Crippen molar-refractivity contribution in [2.45, 2.75) is 37.8 Å². The minimum atomic E-state index is -3.46. The van der Waals surface area contributed by atoms with Gasteiger partial charge < -0.3 is 5.32 Å². The molecule has 0 unspecified atom stereocenters. The molecule has 0 radical (unpaired) electrons. The van der Waals surface area contributed by atoms with Crippen LogP contribution >= 0.6 is 11.6 Å². The van der Waals surface area contributed by atoms with Crippen LogP contribution in [0.3, 0.4) is 0 Å². The van der Waals surface area contributed by atoms with E-state index in [2.05, 4.69) is 15.0 Å². The molecule has 1 heterocycles. The number of halogens is 1. The van der Waals surface area contributed by atoms with Crippen LogP contribution in [0.2, 0.25) is 5.02 Å². The van der Waals surface area contributed by atoms with Gasteiger partial charge in [-0.2, -0.15) is 0 Å². The number of benzene rings is 2. The number of hydrogen-bond acceptors (Lipinski definition) is 4. The van der Waals surface area contributed by atoms with Crippen molar-refractivity contribution in [1.82, 2.24) is 9.71 Å². The van der Waals surface area contributed by atoms with Crippen molar-refractivity contribution in [2.75, 3.05) is 5.32 Å². The van der Waals surface area contributed by atoms with Crippen molar-refractivity contribution in [3.8, 4) is 0 Å². The zero-order chi connectivity index (χ0) is 21.0. The molecule has 0 amide bonds. The van der Waals surface area contributed by atoms with E-state index in [4.69, 9.17) is 11.6 Å². The highest BCUT2D eigenvalue weighted by Gasteiger charge is 2.24. The van der Waals surface area contributed by atoms with E-state index in [9.17, 15) is 8.42 Å². The summed E-state index contributed by atoms with van der Waals surface area (Å²) in [6.45, 7) is 0. The number of nitrogens with one attached hydrogen (secondary N) is 2. The molecule has 2 N–H and O–H groups in total. The number of fused-ring (bicyclic) bond motifs is 1. The van der Waals surface area contributed by atoms with E-state index >= 15 is 0 Å². The summed E-state index contributed by atoms with van der Waals surface area (Å²) in [5, 5.41) is 6.56. The summed E-state index contributed by atoms with van der Waals surface area (Å²) in [6, 6.07) is 17.4. The third-order valence-electron chi connectivity index (χ3n) is 5.36. The van der Waals surface area contributed by atoms with Gasteiger partial charge in [0.2, 0.25) is 10.0 Å². The molecule has 1 aliphatic rings. The maximum Gasteiger partial charge on any atom is 0.233 e. The Labute approximate surface area is 182 Å². The summed E-state index contributed by atoms with van der Waals surface area (Å²) in [5.41, 5.74) is 2.76. The monoisotopic (exact) mass is 441 g/mol. The van der Waals surface area contributed by atoms with Gasteiger partial charge in [-0.3, -0.25) is 4.98 Å². The number of pyridine rings is 1. The lowest BCUT2D eigenvalue weighted by Crippen LogP contribution is -2.39. The lowest BCUT2D eigenvalue weighted by molar-refractivity contribution is 0.388. The minimum absolute atomic E-state index is 0.0403. The molecule has 0 aliphatic heterocycles. The molecule has 1 aliphatic carbocycles. The maximum atomic E-state index is 12.4. The van der Waals surface area contributed by atoms with Gasteiger partial charge in [0.05, 0.1) is 5.52 Å². The summed E-state index contributed by atoms with van der Waals surface area (Å²) in [5.74, 6) is 0. The zero-order valence-electron chi connectivity index (χ0n) is 16.5.